The lowest BCUT2D eigenvalue weighted by Gasteiger charge is -2.55. The van der Waals surface area contributed by atoms with E-state index in [2.05, 4.69) is 46.7 Å². The Kier molecular flexibility index (Phi) is 2.96. The molecular weight excluding hydrogens is 176 g/mol. The summed E-state index contributed by atoms with van der Waals surface area (Å²) in [5.74, 6) is 0. The lowest BCUT2D eigenvalue weighted by atomic mass is 9.65. The second-order valence-corrected chi connectivity index (χ2v) is 5.65. The van der Waals surface area contributed by atoms with Gasteiger partial charge in [0.2, 0.25) is 0 Å². The van der Waals surface area contributed by atoms with Crippen LogP contribution in [0.15, 0.2) is 0 Å². The Hall–Kier alpha value is -0.120. The van der Waals surface area contributed by atoms with Crippen LogP contribution in [0.25, 0.3) is 0 Å². The summed E-state index contributed by atoms with van der Waals surface area (Å²) in [6, 6.07) is 0.489. The highest BCUT2D eigenvalue weighted by molar-refractivity contribution is 5.03. The predicted octanol–water partition coefficient (Wildman–Crippen LogP) is 1.77. The number of piperidine rings is 1. The van der Waals surface area contributed by atoms with E-state index >= 15 is 0 Å². The van der Waals surface area contributed by atoms with Crippen molar-refractivity contribution in [2.24, 2.45) is 5.41 Å². The minimum absolute atomic E-state index is 0.0243. The molecule has 83 valence electrons. The summed E-state index contributed by atoms with van der Waals surface area (Å²) in [5.41, 5.74) is -0.253. The third kappa shape index (κ3) is 1.58. The van der Waals surface area contributed by atoms with Crippen molar-refractivity contribution in [1.29, 1.82) is 0 Å². The summed E-state index contributed by atoms with van der Waals surface area (Å²) >= 11 is 0. The summed E-state index contributed by atoms with van der Waals surface area (Å²) in [6.45, 7) is 9.15. The van der Waals surface area contributed by atoms with Crippen molar-refractivity contribution >= 4 is 0 Å². The highest BCUT2D eigenvalue weighted by Crippen LogP contribution is 2.44. The van der Waals surface area contributed by atoms with E-state index in [0.717, 1.165) is 6.42 Å². The molecule has 0 amide bonds. The summed E-state index contributed by atoms with van der Waals surface area (Å²) in [5, 5.41) is 13.0. The molecule has 0 aliphatic carbocycles. The first-order valence-corrected chi connectivity index (χ1v) is 5.32. The lowest BCUT2D eigenvalue weighted by Crippen LogP contribution is -2.64. The molecule has 0 saturated carbocycles. The van der Waals surface area contributed by atoms with Crippen LogP contribution in [-0.4, -0.2) is 42.2 Å². The van der Waals surface area contributed by atoms with Gasteiger partial charge in [0.05, 0.1) is 5.54 Å². The largest absolute Gasteiger partial charge is 0.306 e. The van der Waals surface area contributed by atoms with E-state index in [1.807, 2.05) is 0 Å². The predicted molar refractivity (Wildman–Crippen MR) is 57.3 cm³/mol. The molecule has 1 atom stereocenters. The normalized spacial score (nSPS) is 32.1. The van der Waals surface area contributed by atoms with E-state index in [-0.39, 0.29) is 11.0 Å². The Labute approximate surface area is 87.7 Å². The maximum absolute atomic E-state index is 11.8. The summed E-state index contributed by atoms with van der Waals surface area (Å²) in [6.07, 6.45) is 0.965. The molecule has 1 aliphatic heterocycles. The van der Waals surface area contributed by atoms with Gasteiger partial charge in [0.15, 0.2) is 0 Å². The zero-order valence-electron chi connectivity index (χ0n) is 10.3. The van der Waals surface area contributed by atoms with Crippen LogP contribution < -0.4 is 0 Å². The number of nitrogens with zero attached hydrogens (tertiary/aromatic N) is 2. The summed E-state index contributed by atoms with van der Waals surface area (Å²) in [7, 11) is 4.20. The third-order valence-corrected chi connectivity index (χ3v) is 4.26. The van der Waals surface area contributed by atoms with E-state index < -0.39 is 0 Å². The molecule has 1 saturated heterocycles. The molecule has 3 heteroatoms. The fourth-order valence-electron chi connectivity index (χ4n) is 2.51. The first kappa shape index (κ1) is 12.0. The Bertz CT molecular complexity index is 211. The van der Waals surface area contributed by atoms with Crippen LogP contribution in [0.2, 0.25) is 0 Å². The van der Waals surface area contributed by atoms with Crippen molar-refractivity contribution in [1.82, 2.24) is 9.96 Å². The topological polar surface area (TPSA) is 26.4 Å². The third-order valence-electron chi connectivity index (χ3n) is 4.26. The van der Waals surface area contributed by atoms with Crippen LogP contribution >= 0.6 is 0 Å². The molecule has 0 spiro atoms. The smallest absolute Gasteiger partial charge is 0.0503 e. The van der Waals surface area contributed by atoms with E-state index in [1.165, 1.54) is 5.06 Å². The highest BCUT2D eigenvalue weighted by Gasteiger charge is 2.51. The molecule has 0 aromatic rings. The first-order valence-electron chi connectivity index (χ1n) is 5.32. The second kappa shape index (κ2) is 3.47. The van der Waals surface area contributed by atoms with Gasteiger partial charge in [-0.15, -0.1) is 10.3 Å². The molecule has 1 aliphatic rings. The van der Waals surface area contributed by atoms with E-state index in [0.29, 0.717) is 12.6 Å². The first-order chi connectivity index (χ1) is 6.21. The SMILES string of the molecule is CN(C)C1CCN([O])C(C)(C)C1(C)C. The molecule has 1 heterocycles. The molecule has 1 rings (SSSR count). The molecule has 0 bridgehead atoms. The van der Waals surface area contributed by atoms with Crippen molar-refractivity contribution in [3.8, 4) is 0 Å². The molecule has 0 N–H and O–H groups in total. The highest BCUT2D eigenvalue weighted by atomic mass is 16.5. The molecule has 1 unspecified atom stereocenters. The van der Waals surface area contributed by atoms with E-state index in [4.69, 9.17) is 0 Å². The number of hydroxylamine groups is 2. The molecule has 0 aromatic heterocycles. The van der Waals surface area contributed by atoms with Crippen LogP contribution in [0.4, 0.5) is 0 Å². The van der Waals surface area contributed by atoms with Crippen molar-refractivity contribution in [3.63, 3.8) is 0 Å². The quantitative estimate of drug-likeness (QED) is 0.643. The average Bonchev–Trinajstić information content (AvgIpc) is 2.00. The maximum Gasteiger partial charge on any atom is 0.0503 e. The monoisotopic (exact) mass is 199 g/mol. The molecular formula is C11H23N2O. The average molecular weight is 199 g/mol. The van der Waals surface area contributed by atoms with Crippen LogP contribution in [0, 0.1) is 5.41 Å². The van der Waals surface area contributed by atoms with Gasteiger partial charge in [0.25, 0.3) is 0 Å². The number of hydrogen-bond acceptors (Lipinski definition) is 2. The number of hydrogen-bond donors (Lipinski definition) is 0. The fourth-order valence-corrected chi connectivity index (χ4v) is 2.51. The van der Waals surface area contributed by atoms with Gasteiger partial charge in [-0.1, -0.05) is 13.8 Å². The molecule has 0 aromatic carbocycles. The number of rotatable bonds is 1. The van der Waals surface area contributed by atoms with Gasteiger partial charge in [-0.05, 0) is 34.4 Å². The van der Waals surface area contributed by atoms with Crippen LogP contribution in [-0.2, 0) is 5.21 Å². The minimum Gasteiger partial charge on any atom is -0.306 e. The lowest BCUT2D eigenvalue weighted by molar-refractivity contribution is -0.274. The van der Waals surface area contributed by atoms with Gasteiger partial charge in [0.1, 0.15) is 0 Å². The summed E-state index contributed by atoms with van der Waals surface area (Å²) < 4.78 is 0. The summed E-state index contributed by atoms with van der Waals surface area (Å²) in [4.78, 5) is 2.24. The Balaban J connectivity index is 2.97. The standard InChI is InChI=1S/C11H23N2O/c1-10(2)9(12(5)6)7-8-13(14)11(10,3)4/h9H,7-8H2,1-6H3. The van der Waals surface area contributed by atoms with Gasteiger partial charge in [-0.25, -0.2) is 0 Å². The molecule has 14 heavy (non-hydrogen) atoms. The molecule has 1 fully saturated rings. The van der Waals surface area contributed by atoms with Gasteiger partial charge in [-0.2, -0.15) is 0 Å². The zero-order chi connectivity index (χ0) is 11.1. The Morgan fingerprint density at radius 3 is 2.14 bits per heavy atom. The second-order valence-electron chi connectivity index (χ2n) is 5.65. The minimum atomic E-state index is -0.278. The molecule has 1 radical (unpaired) electrons. The van der Waals surface area contributed by atoms with Crippen molar-refractivity contribution < 1.29 is 5.21 Å². The Morgan fingerprint density at radius 2 is 1.71 bits per heavy atom. The van der Waals surface area contributed by atoms with Crippen LogP contribution in [0.1, 0.15) is 34.1 Å². The Morgan fingerprint density at radius 1 is 1.21 bits per heavy atom. The maximum atomic E-state index is 11.8. The van der Waals surface area contributed by atoms with Crippen molar-refractivity contribution in [3.05, 3.63) is 0 Å². The molecule has 3 nitrogen and oxygen atoms in total. The van der Waals surface area contributed by atoms with E-state index in [9.17, 15) is 5.21 Å². The van der Waals surface area contributed by atoms with Crippen molar-refractivity contribution in [2.75, 3.05) is 20.6 Å². The van der Waals surface area contributed by atoms with Crippen molar-refractivity contribution in [2.45, 2.75) is 45.7 Å². The fraction of sp³-hybridized carbons (Fsp3) is 1.00. The van der Waals surface area contributed by atoms with Gasteiger partial charge >= 0.3 is 0 Å². The van der Waals surface area contributed by atoms with Crippen LogP contribution in [0.3, 0.4) is 0 Å². The van der Waals surface area contributed by atoms with Crippen LogP contribution in [0.5, 0.6) is 0 Å². The van der Waals surface area contributed by atoms with Gasteiger partial charge in [-0.3, -0.25) is 0 Å². The van der Waals surface area contributed by atoms with Gasteiger partial charge < -0.3 is 4.90 Å². The van der Waals surface area contributed by atoms with E-state index in [1.54, 1.807) is 0 Å². The van der Waals surface area contributed by atoms with Gasteiger partial charge in [0, 0.05) is 18.0 Å². The zero-order valence-corrected chi connectivity index (χ0v) is 10.3.